The maximum Gasteiger partial charge on any atom is 0.123 e. The Labute approximate surface area is 121 Å². The maximum atomic E-state index is 9.55. The summed E-state index contributed by atoms with van der Waals surface area (Å²) in [6.07, 6.45) is 2.24. The quantitative estimate of drug-likeness (QED) is 0.844. The molecule has 1 aromatic rings. The van der Waals surface area contributed by atoms with Gasteiger partial charge in [0.05, 0.1) is 13.2 Å². The Bertz CT molecular complexity index is 475. The summed E-state index contributed by atoms with van der Waals surface area (Å²) < 4.78 is 5.25. The van der Waals surface area contributed by atoms with E-state index in [1.165, 1.54) is 0 Å². The molecule has 0 aromatic heterocycles. The van der Waals surface area contributed by atoms with Crippen LogP contribution in [0.5, 0.6) is 5.75 Å². The van der Waals surface area contributed by atoms with Crippen molar-refractivity contribution < 1.29 is 4.74 Å². The van der Waals surface area contributed by atoms with Crippen molar-refractivity contribution in [3.8, 4) is 11.8 Å². The monoisotopic (exact) mass is 273 g/mol. The molecule has 1 fully saturated rings. The Hall–Kier alpha value is -1.57. The lowest BCUT2D eigenvalue weighted by atomic mass is 9.99. The van der Waals surface area contributed by atoms with Crippen LogP contribution in [0.4, 0.5) is 0 Å². The van der Waals surface area contributed by atoms with Crippen LogP contribution in [0.3, 0.4) is 0 Å². The average Bonchev–Trinajstić information content (AvgIpc) is 2.49. The van der Waals surface area contributed by atoms with Crippen LogP contribution in [0, 0.1) is 11.3 Å². The van der Waals surface area contributed by atoms with E-state index in [2.05, 4.69) is 30.0 Å². The van der Waals surface area contributed by atoms with Gasteiger partial charge < -0.3 is 9.64 Å². The van der Waals surface area contributed by atoms with Gasteiger partial charge in [0.25, 0.3) is 0 Å². The normalized spacial score (nSPS) is 18.8. The smallest absolute Gasteiger partial charge is 0.123 e. The third-order valence-corrected chi connectivity index (χ3v) is 4.20. The van der Waals surface area contributed by atoms with Crippen molar-refractivity contribution in [3.63, 3.8) is 0 Å². The molecule has 1 aromatic carbocycles. The van der Waals surface area contributed by atoms with E-state index in [1.54, 1.807) is 7.11 Å². The Kier molecular flexibility index (Phi) is 4.99. The molecule has 0 aliphatic carbocycles. The van der Waals surface area contributed by atoms with Crippen LogP contribution >= 0.6 is 0 Å². The fourth-order valence-corrected chi connectivity index (χ4v) is 2.83. The summed E-state index contributed by atoms with van der Waals surface area (Å²) in [4.78, 5) is 4.55. The number of benzene rings is 1. The number of ether oxygens (including phenoxy) is 1. The lowest BCUT2D eigenvalue weighted by molar-refractivity contribution is 0.126. The summed E-state index contributed by atoms with van der Waals surface area (Å²) in [7, 11) is 5.87. The van der Waals surface area contributed by atoms with Crippen LogP contribution in [0.25, 0.3) is 0 Å². The lowest BCUT2D eigenvalue weighted by Gasteiger charge is -2.37. The summed E-state index contributed by atoms with van der Waals surface area (Å²) >= 11 is 0. The molecule has 108 valence electrons. The highest BCUT2D eigenvalue weighted by Gasteiger charge is 2.27. The number of rotatable bonds is 4. The minimum atomic E-state index is -0.210. The number of nitrogens with zero attached hydrogens (tertiary/aromatic N) is 3. The first-order chi connectivity index (χ1) is 9.65. The Morgan fingerprint density at radius 2 is 2.10 bits per heavy atom. The molecule has 0 spiro atoms. The summed E-state index contributed by atoms with van der Waals surface area (Å²) in [5.41, 5.74) is 1.01. The van der Waals surface area contributed by atoms with Crippen molar-refractivity contribution in [1.82, 2.24) is 9.80 Å². The van der Waals surface area contributed by atoms with E-state index >= 15 is 0 Å². The van der Waals surface area contributed by atoms with Crippen molar-refractivity contribution >= 4 is 0 Å². The Morgan fingerprint density at radius 1 is 1.40 bits per heavy atom. The van der Waals surface area contributed by atoms with Gasteiger partial charge in [-0.05, 0) is 57.7 Å². The molecular weight excluding hydrogens is 250 g/mol. The van der Waals surface area contributed by atoms with Crippen LogP contribution in [0.15, 0.2) is 24.3 Å². The molecule has 0 amide bonds. The number of nitriles is 1. The van der Waals surface area contributed by atoms with Gasteiger partial charge in [0.15, 0.2) is 0 Å². The summed E-state index contributed by atoms with van der Waals surface area (Å²) in [5, 5.41) is 9.55. The van der Waals surface area contributed by atoms with Crippen LogP contribution in [0.2, 0.25) is 0 Å². The number of hydrogen-bond donors (Lipinski definition) is 0. The average molecular weight is 273 g/mol. The molecule has 4 heteroatoms. The van der Waals surface area contributed by atoms with Gasteiger partial charge in [-0.15, -0.1) is 0 Å². The highest BCUT2D eigenvalue weighted by Crippen LogP contribution is 2.27. The van der Waals surface area contributed by atoms with E-state index in [4.69, 9.17) is 4.74 Å². The fraction of sp³-hybridized carbons (Fsp3) is 0.562. The first kappa shape index (κ1) is 14.8. The van der Waals surface area contributed by atoms with Crippen LogP contribution in [0.1, 0.15) is 24.4 Å². The van der Waals surface area contributed by atoms with Crippen LogP contribution < -0.4 is 4.74 Å². The maximum absolute atomic E-state index is 9.55. The number of methoxy groups -OCH3 is 1. The van der Waals surface area contributed by atoms with Gasteiger partial charge in [-0.1, -0.05) is 12.1 Å². The van der Waals surface area contributed by atoms with Gasteiger partial charge in [-0.2, -0.15) is 5.26 Å². The minimum absolute atomic E-state index is 0.210. The molecule has 0 radical (unpaired) electrons. The Morgan fingerprint density at radius 3 is 2.70 bits per heavy atom. The third kappa shape index (κ3) is 3.30. The molecule has 1 heterocycles. The van der Waals surface area contributed by atoms with Crippen LogP contribution in [-0.2, 0) is 0 Å². The van der Waals surface area contributed by atoms with Gasteiger partial charge in [0.1, 0.15) is 11.8 Å². The molecule has 4 nitrogen and oxygen atoms in total. The van der Waals surface area contributed by atoms with E-state index in [9.17, 15) is 5.26 Å². The second-order valence-corrected chi connectivity index (χ2v) is 5.51. The summed E-state index contributed by atoms with van der Waals surface area (Å²) in [6.45, 7) is 2.20. The number of hydrogen-bond acceptors (Lipinski definition) is 4. The highest BCUT2D eigenvalue weighted by atomic mass is 16.5. The summed E-state index contributed by atoms with van der Waals surface area (Å²) in [6, 6.07) is 10.5. The van der Waals surface area contributed by atoms with Crippen molar-refractivity contribution in [2.75, 3.05) is 34.3 Å². The SMILES string of the molecule is COc1cccc(C(C#N)N(C)C2CCN(C)CC2)c1. The molecule has 2 rings (SSSR count). The first-order valence-electron chi connectivity index (χ1n) is 7.09. The molecule has 20 heavy (non-hydrogen) atoms. The Balaban J connectivity index is 2.12. The van der Waals surface area contributed by atoms with Crippen molar-refractivity contribution in [1.29, 1.82) is 5.26 Å². The summed E-state index contributed by atoms with van der Waals surface area (Å²) in [5.74, 6) is 0.805. The van der Waals surface area contributed by atoms with Gasteiger partial charge in [-0.25, -0.2) is 0 Å². The van der Waals surface area contributed by atoms with E-state index in [0.717, 1.165) is 37.2 Å². The second-order valence-electron chi connectivity index (χ2n) is 5.51. The molecule has 1 aliphatic heterocycles. The lowest BCUT2D eigenvalue weighted by Crippen LogP contribution is -2.43. The van der Waals surface area contributed by atoms with E-state index < -0.39 is 0 Å². The number of likely N-dealkylation sites (tertiary alicyclic amines) is 1. The van der Waals surface area contributed by atoms with E-state index in [0.29, 0.717) is 6.04 Å². The molecule has 1 unspecified atom stereocenters. The second kappa shape index (κ2) is 6.74. The van der Waals surface area contributed by atoms with Crippen molar-refractivity contribution in [2.24, 2.45) is 0 Å². The minimum Gasteiger partial charge on any atom is -0.497 e. The predicted molar refractivity (Wildman–Crippen MR) is 79.6 cm³/mol. The molecule has 1 aliphatic rings. The zero-order valence-electron chi connectivity index (χ0n) is 12.5. The fourth-order valence-electron chi connectivity index (χ4n) is 2.83. The molecule has 0 saturated carbocycles. The third-order valence-electron chi connectivity index (χ3n) is 4.20. The predicted octanol–water partition coefficient (Wildman–Crippen LogP) is 2.29. The van der Waals surface area contributed by atoms with Crippen LogP contribution in [-0.4, -0.2) is 50.1 Å². The van der Waals surface area contributed by atoms with Gasteiger partial charge in [0.2, 0.25) is 0 Å². The zero-order chi connectivity index (χ0) is 14.5. The van der Waals surface area contributed by atoms with Gasteiger partial charge in [0, 0.05) is 6.04 Å². The standard InChI is InChI=1S/C16H23N3O/c1-18-9-7-14(8-10-18)19(2)16(12-17)13-5-4-6-15(11-13)20-3/h4-6,11,14,16H,7-10H2,1-3H3. The van der Waals surface area contributed by atoms with Gasteiger partial charge in [-0.3, -0.25) is 4.90 Å². The molecule has 1 atom stereocenters. The molecule has 0 bridgehead atoms. The van der Waals surface area contributed by atoms with E-state index in [1.807, 2.05) is 24.3 Å². The first-order valence-corrected chi connectivity index (χ1v) is 7.09. The number of piperidine rings is 1. The van der Waals surface area contributed by atoms with Crippen molar-refractivity contribution in [3.05, 3.63) is 29.8 Å². The molecule has 1 saturated heterocycles. The largest absolute Gasteiger partial charge is 0.497 e. The highest BCUT2D eigenvalue weighted by molar-refractivity contribution is 5.33. The van der Waals surface area contributed by atoms with E-state index in [-0.39, 0.29) is 6.04 Å². The zero-order valence-corrected chi connectivity index (χ0v) is 12.5. The van der Waals surface area contributed by atoms with Gasteiger partial charge >= 0.3 is 0 Å². The van der Waals surface area contributed by atoms with Crippen molar-refractivity contribution in [2.45, 2.75) is 24.9 Å². The topological polar surface area (TPSA) is 39.5 Å². The molecular formula is C16H23N3O. The molecule has 0 N–H and O–H groups in total.